The van der Waals surface area contributed by atoms with Crippen molar-refractivity contribution in [2.45, 2.75) is 44.7 Å². The van der Waals surface area contributed by atoms with Gasteiger partial charge in [0.15, 0.2) is 0 Å². The maximum absolute atomic E-state index is 14.0. The highest BCUT2D eigenvalue weighted by Crippen LogP contribution is 2.39. The van der Waals surface area contributed by atoms with E-state index in [1.165, 1.54) is 6.07 Å². The van der Waals surface area contributed by atoms with Gasteiger partial charge in [-0.15, -0.1) is 0 Å². The molecule has 1 aromatic carbocycles. The quantitative estimate of drug-likeness (QED) is 0.908. The molecule has 0 saturated carbocycles. The van der Waals surface area contributed by atoms with E-state index in [4.69, 9.17) is 0 Å². The van der Waals surface area contributed by atoms with Gasteiger partial charge in [0.1, 0.15) is 11.4 Å². The monoisotopic (exact) mass is 265 g/mol. The summed E-state index contributed by atoms with van der Waals surface area (Å²) in [6, 6.07) is 6.47. The van der Waals surface area contributed by atoms with Crippen molar-refractivity contribution < 1.29 is 14.3 Å². The van der Waals surface area contributed by atoms with Crippen molar-refractivity contribution in [2.75, 3.05) is 6.54 Å². The largest absolute Gasteiger partial charge is 0.480 e. The van der Waals surface area contributed by atoms with E-state index < -0.39 is 11.5 Å². The third kappa shape index (κ3) is 2.37. The molecule has 0 amide bonds. The minimum Gasteiger partial charge on any atom is -0.480 e. The Hall–Kier alpha value is -1.42. The second kappa shape index (κ2) is 5.29. The van der Waals surface area contributed by atoms with Crippen LogP contribution in [-0.4, -0.2) is 28.1 Å². The van der Waals surface area contributed by atoms with E-state index >= 15 is 0 Å². The van der Waals surface area contributed by atoms with Gasteiger partial charge in [-0.2, -0.15) is 0 Å². The summed E-state index contributed by atoms with van der Waals surface area (Å²) in [4.78, 5) is 13.5. The molecule has 1 heterocycles. The number of benzene rings is 1. The Bertz CT molecular complexity index is 477. The van der Waals surface area contributed by atoms with E-state index in [-0.39, 0.29) is 11.9 Å². The molecular weight excluding hydrogens is 245 g/mol. The fraction of sp³-hybridized carbons (Fsp3) is 0.533. The van der Waals surface area contributed by atoms with Crippen molar-refractivity contribution in [1.82, 2.24) is 4.90 Å². The summed E-state index contributed by atoms with van der Waals surface area (Å²) in [6.07, 6.45) is 2.16. The molecule has 104 valence electrons. The first-order chi connectivity index (χ1) is 9.00. The van der Waals surface area contributed by atoms with Crippen LogP contribution in [0.5, 0.6) is 0 Å². The summed E-state index contributed by atoms with van der Waals surface area (Å²) in [5, 5.41) is 9.47. The number of hydrogen-bond donors (Lipinski definition) is 1. The number of carboxylic acids is 1. The Morgan fingerprint density at radius 1 is 1.53 bits per heavy atom. The molecule has 1 N–H and O–H groups in total. The third-order valence-corrected chi connectivity index (χ3v) is 4.18. The van der Waals surface area contributed by atoms with Gasteiger partial charge < -0.3 is 5.11 Å². The van der Waals surface area contributed by atoms with Crippen molar-refractivity contribution in [1.29, 1.82) is 0 Å². The van der Waals surface area contributed by atoms with Gasteiger partial charge in [0.05, 0.1) is 0 Å². The van der Waals surface area contributed by atoms with E-state index in [0.717, 1.165) is 6.42 Å². The summed E-state index contributed by atoms with van der Waals surface area (Å²) in [6.45, 7) is 4.42. The molecule has 3 nitrogen and oxygen atoms in total. The lowest BCUT2D eigenvalue weighted by atomic mass is 9.94. The number of halogens is 1. The minimum absolute atomic E-state index is 0.176. The summed E-state index contributed by atoms with van der Waals surface area (Å²) in [5.41, 5.74) is -0.289. The van der Waals surface area contributed by atoms with Crippen LogP contribution < -0.4 is 0 Å². The molecule has 4 heteroatoms. The lowest BCUT2D eigenvalue weighted by Crippen LogP contribution is -2.49. The van der Waals surface area contributed by atoms with Crippen LogP contribution in [0.3, 0.4) is 0 Å². The molecule has 1 aliphatic rings. The maximum Gasteiger partial charge on any atom is 0.323 e. The van der Waals surface area contributed by atoms with Crippen LogP contribution in [0.2, 0.25) is 0 Å². The fourth-order valence-electron chi connectivity index (χ4n) is 3.07. The summed E-state index contributed by atoms with van der Waals surface area (Å²) in [7, 11) is 0. The lowest BCUT2D eigenvalue weighted by Gasteiger charge is -2.37. The Morgan fingerprint density at radius 3 is 2.79 bits per heavy atom. The van der Waals surface area contributed by atoms with Gasteiger partial charge in [0, 0.05) is 11.6 Å². The van der Waals surface area contributed by atoms with Crippen LogP contribution in [0.4, 0.5) is 4.39 Å². The fourth-order valence-corrected chi connectivity index (χ4v) is 3.07. The van der Waals surface area contributed by atoms with Gasteiger partial charge in [-0.25, -0.2) is 4.39 Å². The standard InChI is InChI=1S/C15H20FNO2/c1-3-13(11-7-4-5-8-12(11)16)17-10-6-9-15(17,2)14(18)19/h4-5,7-8,13H,3,6,9-10H2,1-2H3,(H,18,19). The summed E-state index contributed by atoms with van der Waals surface area (Å²) < 4.78 is 14.0. The average molecular weight is 265 g/mol. The Balaban J connectivity index is 2.38. The zero-order chi connectivity index (χ0) is 14.0. The zero-order valence-electron chi connectivity index (χ0n) is 11.4. The van der Waals surface area contributed by atoms with Crippen molar-refractivity contribution in [3.63, 3.8) is 0 Å². The molecule has 1 aliphatic heterocycles. The first kappa shape index (κ1) is 14.0. The normalized spacial score (nSPS) is 25.4. The van der Waals surface area contributed by atoms with Crippen LogP contribution in [0.1, 0.15) is 44.7 Å². The number of likely N-dealkylation sites (tertiary alicyclic amines) is 1. The van der Waals surface area contributed by atoms with Gasteiger partial charge in [-0.3, -0.25) is 9.69 Å². The SMILES string of the molecule is CCC(c1ccccc1F)N1CCCC1(C)C(=O)O. The van der Waals surface area contributed by atoms with Crippen LogP contribution in [0, 0.1) is 5.82 Å². The minimum atomic E-state index is -0.886. The number of aliphatic carboxylic acids is 1. The van der Waals surface area contributed by atoms with Gasteiger partial charge in [0.25, 0.3) is 0 Å². The number of nitrogens with zero attached hydrogens (tertiary/aromatic N) is 1. The molecule has 1 saturated heterocycles. The molecular formula is C15H20FNO2. The maximum atomic E-state index is 14.0. The van der Waals surface area contributed by atoms with Crippen LogP contribution in [0.15, 0.2) is 24.3 Å². The number of hydrogen-bond acceptors (Lipinski definition) is 2. The van der Waals surface area contributed by atoms with Crippen LogP contribution in [0.25, 0.3) is 0 Å². The first-order valence-electron chi connectivity index (χ1n) is 6.75. The van der Waals surface area contributed by atoms with E-state index in [9.17, 15) is 14.3 Å². The number of carboxylic acid groups (broad SMARTS) is 1. The van der Waals surface area contributed by atoms with Crippen molar-refractivity contribution in [3.8, 4) is 0 Å². The average Bonchev–Trinajstić information content (AvgIpc) is 2.77. The Morgan fingerprint density at radius 2 is 2.21 bits per heavy atom. The molecule has 0 radical (unpaired) electrons. The highest BCUT2D eigenvalue weighted by Gasteiger charge is 2.46. The molecule has 2 rings (SSSR count). The molecule has 2 unspecified atom stereocenters. The smallest absolute Gasteiger partial charge is 0.323 e. The van der Waals surface area contributed by atoms with Crippen molar-refractivity contribution in [2.24, 2.45) is 0 Å². The van der Waals surface area contributed by atoms with Gasteiger partial charge in [-0.05, 0) is 38.8 Å². The first-order valence-corrected chi connectivity index (χ1v) is 6.75. The van der Waals surface area contributed by atoms with E-state index in [1.807, 2.05) is 11.8 Å². The Kier molecular flexibility index (Phi) is 3.90. The predicted molar refractivity (Wildman–Crippen MR) is 71.4 cm³/mol. The van der Waals surface area contributed by atoms with Crippen LogP contribution >= 0.6 is 0 Å². The van der Waals surface area contributed by atoms with Gasteiger partial charge in [-0.1, -0.05) is 25.1 Å². The summed E-state index contributed by atoms with van der Waals surface area (Å²) in [5.74, 6) is -1.08. The van der Waals surface area contributed by atoms with Crippen molar-refractivity contribution in [3.05, 3.63) is 35.6 Å². The molecule has 0 aliphatic carbocycles. The number of carbonyl (C=O) groups is 1. The van der Waals surface area contributed by atoms with Crippen molar-refractivity contribution >= 4 is 5.97 Å². The highest BCUT2D eigenvalue weighted by molar-refractivity contribution is 5.78. The molecule has 19 heavy (non-hydrogen) atoms. The van der Waals surface area contributed by atoms with E-state index in [0.29, 0.717) is 24.9 Å². The molecule has 1 fully saturated rings. The lowest BCUT2D eigenvalue weighted by molar-refractivity contribution is -0.150. The highest BCUT2D eigenvalue weighted by atomic mass is 19.1. The Labute approximate surface area is 113 Å². The molecule has 1 aromatic rings. The third-order valence-electron chi connectivity index (χ3n) is 4.18. The van der Waals surface area contributed by atoms with Crippen LogP contribution in [-0.2, 0) is 4.79 Å². The summed E-state index contributed by atoms with van der Waals surface area (Å²) >= 11 is 0. The topological polar surface area (TPSA) is 40.5 Å². The van der Waals surface area contributed by atoms with E-state index in [2.05, 4.69) is 0 Å². The second-order valence-electron chi connectivity index (χ2n) is 5.32. The molecule has 2 atom stereocenters. The second-order valence-corrected chi connectivity index (χ2v) is 5.32. The van der Waals surface area contributed by atoms with Gasteiger partial charge >= 0.3 is 5.97 Å². The number of rotatable bonds is 4. The predicted octanol–water partition coefficient (Wildman–Crippen LogP) is 3.22. The molecule has 0 spiro atoms. The van der Waals surface area contributed by atoms with E-state index in [1.54, 1.807) is 25.1 Å². The van der Waals surface area contributed by atoms with Gasteiger partial charge in [0.2, 0.25) is 0 Å². The molecule has 0 aromatic heterocycles. The molecule has 0 bridgehead atoms. The zero-order valence-corrected chi connectivity index (χ0v) is 11.4.